The van der Waals surface area contributed by atoms with Crippen LogP contribution in [-0.2, 0) is 6.42 Å². The highest BCUT2D eigenvalue weighted by atomic mass is 35.5. The summed E-state index contributed by atoms with van der Waals surface area (Å²) >= 11 is 18.4. The van der Waals surface area contributed by atoms with Crippen molar-refractivity contribution in [1.82, 2.24) is 9.97 Å². The van der Waals surface area contributed by atoms with E-state index in [9.17, 15) is 5.26 Å². The second-order valence-corrected chi connectivity index (χ2v) is 5.55. The SMILES string of the molecule is [C-]#[N+]c1c(Cl)c(Cl)c(Cc2nc(OC)cc(OC)n2)c(C#N)c1Cl. The third-order valence-electron chi connectivity index (χ3n) is 3.10. The van der Waals surface area contributed by atoms with Gasteiger partial charge >= 0.3 is 0 Å². The molecular formula is C15H9Cl3N4O2. The molecule has 6 nitrogen and oxygen atoms in total. The number of nitriles is 1. The zero-order chi connectivity index (χ0) is 17.9. The van der Waals surface area contributed by atoms with Crippen molar-refractivity contribution in [2.24, 2.45) is 0 Å². The van der Waals surface area contributed by atoms with Crippen LogP contribution in [0.3, 0.4) is 0 Å². The van der Waals surface area contributed by atoms with Crippen LogP contribution in [0.25, 0.3) is 4.85 Å². The smallest absolute Gasteiger partial charge is 0.226 e. The highest BCUT2D eigenvalue weighted by Crippen LogP contribution is 2.44. The molecule has 9 heteroatoms. The quantitative estimate of drug-likeness (QED) is 0.575. The van der Waals surface area contributed by atoms with E-state index in [1.165, 1.54) is 20.3 Å². The number of halogens is 3. The number of nitrogens with zero attached hydrogens (tertiary/aromatic N) is 4. The van der Waals surface area contributed by atoms with Crippen molar-refractivity contribution in [2.75, 3.05) is 14.2 Å². The first-order valence-corrected chi connectivity index (χ1v) is 7.53. The summed E-state index contributed by atoms with van der Waals surface area (Å²) in [4.78, 5) is 11.6. The Morgan fingerprint density at radius 1 is 1.12 bits per heavy atom. The van der Waals surface area contributed by atoms with E-state index in [0.29, 0.717) is 23.1 Å². The minimum atomic E-state index is -0.0622. The summed E-state index contributed by atoms with van der Waals surface area (Å²) in [7, 11) is 2.91. The van der Waals surface area contributed by atoms with E-state index in [-0.39, 0.29) is 32.7 Å². The van der Waals surface area contributed by atoms with Gasteiger partial charge in [0.15, 0.2) is 0 Å². The third-order valence-corrected chi connectivity index (χ3v) is 4.35. The Balaban J connectivity index is 2.63. The van der Waals surface area contributed by atoms with Gasteiger partial charge in [-0.3, -0.25) is 0 Å². The van der Waals surface area contributed by atoms with Crippen LogP contribution < -0.4 is 9.47 Å². The van der Waals surface area contributed by atoms with E-state index in [1.807, 2.05) is 6.07 Å². The lowest BCUT2D eigenvalue weighted by atomic mass is 10.0. The molecule has 0 spiro atoms. The van der Waals surface area contributed by atoms with E-state index in [4.69, 9.17) is 50.8 Å². The molecule has 2 aromatic rings. The molecule has 0 fully saturated rings. The number of methoxy groups -OCH3 is 2. The second kappa shape index (κ2) is 7.55. The maximum Gasteiger partial charge on any atom is 0.226 e. The van der Waals surface area contributed by atoms with E-state index < -0.39 is 0 Å². The maximum absolute atomic E-state index is 9.38. The summed E-state index contributed by atoms with van der Waals surface area (Å²) < 4.78 is 10.2. The molecule has 1 heterocycles. The Kier molecular flexibility index (Phi) is 5.69. The summed E-state index contributed by atoms with van der Waals surface area (Å²) in [6.45, 7) is 7.12. The molecule has 0 N–H and O–H groups in total. The number of benzene rings is 1. The van der Waals surface area contributed by atoms with Crippen LogP contribution in [0.15, 0.2) is 6.07 Å². The standard InChI is InChI=1S/C15H9Cl3N4O2/c1-20-15-13(17)8(6-19)7(12(16)14(15)18)4-9-21-10(23-2)5-11(22-9)24-3/h5H,4H2,2-3H3. The van der Waals surface area contributed by atoms with Crippen molar-refractivity contribution in [2.45, 2.75) is 6.42 Å². The van der Waals surface area contributed by atoms with Crippen LogP contribution in [0.5, 0.6) is 11.8 Å². The monoisotopic (exact) mass is 382 g/mol. The third kappa shape index (κ3) is 3.32. The summed E-state index contributed by atoms with van der Waals surface area (Å²) in [5, 5.41) is 9.39. The molecule has 0 unspecified atom stereocenters. The van der Waals surface area contributed by atoms with Crippen LogP contribution in [-0.4, -0.2) is 24.2 Å². The number of rotatable bonds is 4. The predicted octanol–water partition coefficient (Wildman–Crippen LogP) is 4.47. The topological polar surface area (TPSA) is 72.4 Å². The molecule has 0 aliphatic heterocycles. The van der Waals surface area contributed by atoms with E-state index in [0.717, 1.165) is 0 Å². The Morgan fingerprint density at radius 2 is 1.71 bits per heavy atom. The van der Waals surface area contributed by atoms with Gasteiger partial charge in [0.1, 0.15) is 5.82 Å². The molecule has 122 valence electrons. The van der Waals surface area contributed by atoms with Gasteiger partial charge in [-0.15, -0.1) is 0 Å². The van der Waals surface area contributed by atoms with Gasteiger partial charge in [-0.1, -0.05) is 34.8 Å². The molecule has 0 bridgehead atoms. The maximum atomic E-state index is 9.38. The molecule has 1 aromatic carbocycles. The molecule has 0 atom stereocenters. The van der Waals surface area contributed by atoms with Gasteiger partial charge in [-0.2, -0.15) is 15.2 Å². The zero-order valence-electron chi connectivity index (χ0n) is 12.5. The van der Waals surface area contributed by atoms with Crippen molar-refractivity contribution in [3.05, 3.63) is 49.5 Å². The van der Waals surface area contributed by atoms with Crippen molar-refractivity contribution in [1.29, 1.82) is 5.26 Å². The first-order chi connectivity index (χ1) is 11.5. The number of hydrogen-bond donors (Lipinski definition) is 0. The molecule has 0 radical (unpaired) electrons. The van der Waals surface area contributed by atoms with Crippen LogP contribution >= 0.6 is 34.8 Å². The number of ether oxygens (including phenoxy) is 2. The van der Waals surface area contributed by atoms with Gasteiger partial charge < -0.3 is 9.47 Å². The Labute approximate surface area is 153 Å². The normalized spacial score (nSPS) is 9.96. The lowest BCUT2D eigenvalue weighted by Gasteiger charge is -2.12. The molecular weight excluding hydrogens is 375 g/mol. The van der Waals surface area contributed by atoms with Crippen molar-refractivity contribution in [3.8, 4) is 17.8 Å². The van der Waals surface area contributed by atoms with Gasteiger partial charge in [0.2, 0.25) is 17.4 Å². The molecule has 1 aromatic heterocycles. The summed E-state index contributed by atoms with van der Waals surface area (Å²) in [6.07, 6.45) is 0.0625. The average molecular weight is 384 g/mol. The Hall–Kier alpha value is -2.25. The lowest BCUT2D eigenvalue weighted by Crippen LogP contribution is -2.04. The first-order valence-electron chi connectivity index (χ1n) is 6.39. The van der Waals surface area contributed by atoms with Crippen LogP contribution in [0.1, 0.15) is 17.0 Å². The highest BCUT2D eigenvalue weighted by molar-refractivity contribution is 6.47. The minimum Gasteiger partial charge on any atom is -0.481 e. The molecule has 2 rings (SSSR count). The highest BCUT2D eigenvalue weighted by Gasteiger charge is 2.22. The fourth-order valence-electron chi connectivity index (χ4n) is 1.97. The molecule has 0 amide bonds. The van der Waals surface area contributed by atoms with Gasteiger partial charge in [0.05, 0.1) is 53.6 Å². The zero-order valence-corrected chi connectivity index (χ0v) is 14.8. The molecule has 0 aliphatic rings. The van der Waals surface area contributed by atoms with Crippen molar-refractivity contribution >= 4 is 40.5 Å². The average Bonchev–Trinajstić information content (AvgIpc) is 2.59. The predicted molar refractivity (Wildman–Crippen MR) is 90.4 cm³/mol. The number of aromatic nitrogens is 2. The van der Waals surface area contributed by atoms with Crippen LogP contribution in [0.4, 0.5) is 5.69 Å². The minimum absolute atomic E-state index is 0.0134. The van der Waals surface area contributed by atoms with E-state index >= 15 is 0 Å². The van der Waals surface area contributed by atoms with Crippen molar-refractivity contribution in [3.63, 3.8) is 0 Å². The molecule has 0 saturated heterocycles. The van der Waals surface area contributed by atoms with Crippen molar-refractivity contribution < 1.29 is 9.47 Å². The van der Waals surface area contributed by atoms with Gasteiger partial charge in [0.25, 0.3) is 0 Å². The fraction of sp³-hybridized carbons (Fsp3) is 0.200. The lowest BCUT2D eigenvalue weighted by molar-refractivity contribution is 0.368. The Morgan fingerprint density at radius 3 is 2.17 bits per heavy atom. The second-order valence-electron chi connectivity index (χ2n) is 4.41. The molecule has 24 heavy (non-hydrogen) atoms. The van der Waals surface area contributed by atoms with Crippen LogP contribution in [0.2, 0.25) is 15.1 Å². The fourth-order valence-corrected chi connectivity index (χ4v) is 2.81. The Bertz CT molecular complexity index is 866. The van der Waals surface area contributed by atoms with Gasteiger partial charge in [-0.05, 0) is 5.56 Å². The molecule has 0 saturated carbocycles. The largest absolute Gasteiger partial charge is 0.481 e. The van der Waals surface area contributed by atoms with E-state index in [1.54, 1.807) is 0 Å². The summed E-state index contributed by atoms with van der Waals surface area (Å²) in [5.74, 6) is 0.884. The van der Waals surface area contributed by atoms with E-state index in [2.05, 4.69) is 14.8 Å². The molecule has 0 aliphatic carbocycles. The van der Waals surface area contributed by atoms with Crippen LogP contribution in [0, 0.1) is 17.9 Å². The summed E-state index contributed by atoms with van der Waals surface area (Å²) in [5.41, 5.74) is 0.326. The number of hydrogen-bond acceptors (Lipinski definition) is 5. The first kappa shape index (κ1) is 18.1. The summed E-state index contributed by atoms with van der Waals surface area (Å²) in [6, 6.07) is 3.46. The van der Waals surface area contributed by atoms with Gasteiger partial charge in [-0.25, -0.2) is 4.85 Å². The van der Waals surface area contributed by atoms with Gasteiger partial charge in [0, 0.05) is 6.42 Å².